The number of nitrogens with zero attached hydrogens (tertiary/aromatic N) is 1. The number of halogens is 1. The van der Waals surface area contributed by atoms with Gasteiger partial charge >= 0.3 is 0 Å². The largest absolute Gasteiger partial charge is 0.316 e. The van der Waals surface area contributed by atoms with E-state index in [4.69, 9.17) is 0 Å². The highest BCUT2D eigenvalue weighted by Gasteiger charge is 2.43. The van der Waals surface area contributed by atoms with Crippen LogP contribution in [0.25, 0.3) is 0 Å². The van der Waals surface area contributed by atoms with Crippen molar-refractivity contribution < 1.29 is 0 Å². The average molecular weight is 351 g/mol. The van der Waals surface area contributed by atoms with Gasteiger partial charge in [-0.25, -0.2) is 0 Å². The molecule has 2 nitrogen and oxygen atoms in total. The number of piperidine rings is 2. The highest BCUT2D eigenvalue weighted by molar-refractivity contribution is 9.10. The van der Waals surface area contributed by atoms with Crippen LogP contribution in [0.15, 0.2) is 28.7 Å². The summed E-state index contributed by atoms with van der Waals surface area (Å²) in [7, 11) is 0. The highest BCUT2D eigenvalue weighted by atomic mass is 79.9. The summed E-state index contributed by atoms with van der Waals surface area (Å²) in [5.74, 6) is 0.675. The van der Waals surface area contributed by atoms with Crippen LogP contribution in [0.5, 0.6) is 0 Å². The zero-order valence-electron chi connectivity index (χ0n) is 13.2. The summed E-state index contributed by atoms with van der Waals surface area (Å²) in [5.41, 5.74) is 2.04. The van der Waals surface area contributed by atoms with Gasteiger partial charge in [0.15, 0.2) is 0 Å². The van der Waals surface area contributed by atoms with E-state index in [2.05, 4.69) is 64.3 Å². The molecule has 3 heteroatoms. The Labute approximate surface area is 137 Å². The minimum atomic E-state index is 0.518. The van der Waals surface area contributed by atoms with Crippen LogP contribution in [-0.4, -0.2) is 37.1 Å². The van der Waals surface area contributed by atoms with Gasteiger partial charge in [-0.05, 0) is 75.9 Å². The minimum absolute atomic E-state index is 0.518. The van der Waals surface area contributed by atoms with Gasteiger partial charge in [0.25, 0.3) is 0 Å². The summed E-state index contributed by atoms with van der Waals surface area (Å²) >= 11 is 3.56. The van der Waals surface area contributed by atoms with Crippen LogP contribution in [0.4, 0.5) is 0 Å². The molecule has 2 heterocycles. The van der Waals surface area contributed by atoms with E-state index in [0.717, 1.165) is 6.54 Å². The smallest absolute Gasteiger partial charge is 0.0175 e. The standard InChI is InChI=1S/C18H27BrN2/c1-14(2)21-11-8-18(9-12-21)7-10-20-13-17(18)15-3-5-16(19)6-4-15/h3-6,14,17,20H,7-13H2,1-2H3. The van der Waals surface area contributed by atoms with Crippen molar-refractivity contribution in [1.82, 2.24) is 10.2 Å². The fourth-order valence-electron chi connectivity index (χ4n) is 4.23. The average Bonchev–Trinajstić information content (AvgIpc) is 2.49. The quantitative estimate of drug-likeness (QED) is 0.866. The summed E-state index contributed by atoms with van der Waals surface area (Å²) < 4.78 is 1.18. The lowest BCUT2D eigenvalue weighted by molar-refractivity contribution is 0.0406. The third-order valence-corrected chi connectivity index (χ3v) is 6.21. The fourth-order valence-corrected chi connectivity index (χ4v) is 4.49. The molecule has 0 aliphatic carbocycles. The maximum absolute atomic E-state index is 3.63. The van der Waals surface area contributed by atoms with Crippen LogP contribution in [0.1, 0.15) is 44.6 Å². The van der Waals surface area contributed by atoms with Crippen LogP contribution >= 0.6 is 15.9 Å². The summed E-state index contributed by atoms with van der Waals surface area (Å²) in [4.78, 5) is 2.64. The molecule has 2 fully saturated rings. The second-order valence-electron chi connectivity index (χ2n) is 7.05. The van der Waals surface area contributed by atoms with Crippen LogP contribution < -0.4 is 5.32 Å². The first kappa shape index (κ1) is 15.5. The van der Waals surface area contributed by atoms with Gasteiger partial charge in [0, 0.05) is 23.0 Å². The van der Waals surface area contributed by atoms with E-state index >= 15 is 0 Å². The molecular weight excluding hydrogens is 324 g/mol. The van der Waals surface area contributed by atoms with E-state index < -0.39 is 0 Å². The van der Waals surface area contributed by atoms with Gasteiger partial charge in [0.1, 0.15) is 0 Å². The molecule has 0 bridgehead atoms. The number of hydrogen-bond donors (Lipinski definition) is 1. The highest BCUT2D eigenvalue weighted by Crippen LogP contribution is 2.48. The lowest BCUT2D eigenvalue weighted by Gasteiger charge is -2.50. The SMILES string of the molecule is CC(C)N1CCC2(CCNCC2c2ccc(Br)cc2)CC1. The van der Waals surface area contributed by atoms with E-state index in [-0.39, 0.29) is 0 Å². The van der Waals surface area contributed by atoms with Crippen LogP contribution in [0, 0.1) is 5.41 Å². The third kappa shape index (κ3) is 3.20. The van der Waals surface area contributed by atoms with Gasteiger partial charge in [-0.3, -0.25) is 0 Å². The monoisotopic (exact) mass is 350 g/mol. The molecule has 1 unspecified atom stereocenters. The molecule has 2 aliphatic rings. The molecule has 116 valence electrons. The normalized spacial score (nSPS) is 26.4. The summed E-state index contributed by atoms with van der Waals surface area (Å²) in [6.45, 7) is 9.52. The van der Waals surface area contributed by atoms with Crippen molar-refractivity contribution >= 4 is 15.9 Å². The first-order valence-electron chi connectivity index (χ1n) is 8.31. The first-order chi connectivity index (χ1) is 10.1. The second-order valence-corrected chi connectivity index (χ2v) is 7.97. The zero-order chi connectivity index (χ0) is 14.9. The minimum Gasteiger partial charge on any atom is -0.316 e. The molecule has 0 amide bonds. The van der Waals surface area contributed by atoms with Gasteiger partial charge in [0.05, 0.1) is 0 Å². The Balaban J connectivity index is 1.80. The van der Waals surface area contributed by atoms with Crippen molar-refractivity contribution in [2.24, 2.45) is 5.41 Å². The molecule has 2 saturated heterocycles. The Bertz CT molecular complexity index is 461. The maximum Gasteiger partial charge on any atom is 0.0175 e. The number of likely N-dealkylation sites (tertiary alicyclic amines) is 1. The summed E-state index contributed by atoms with van der Waals surface area (Å²) in [5, 5.41) is 3.63. The number of hydrogen-bond acceptors (Lipinski definition) is 2. The second kappa shape index (κ2) is 6.39. The van der Waals surface area contributed by atoms with Crippen LogP contribution in [-0.2, 0) is 0 Å². The van der Waals surface area contributed by atoms with Gasteiger partial charge < -0.3 is 10.2 Å². The molecule has 0 aromatic heterocycles. The number of rotatable bonds is 2. The van der Waals surface area contributed by atoms with Crippen LogP contribution in [0.3, 0.4) is 0 Å². The molecular formula is C18H27BrN2. The Morgan fingerprint density at radius 2 is 1.81 bits per heavy atom. The molecule has 21 heavy (non-hydrogen) atoms. The fraction of sp³-hybridized carbons (Fsp3) is 0.667. The Morgan fingerprint density at radius 3 is 2.43 bits per heavy atom. The van der Waals surface area contributed by atoms with Crippen molar-refractivity contribution in [3.63, 3.8) is 0 Å². The lowest BCUT2D eigenvalue weighted by atomic mass is 9.62. The van der Waals surface area contributed by atoms with Crippen molar-refractivity contribution in [2.75, 3.05) is 26.2 Å². The Morgan fingerprint density at radius 1 is 1.14 bits per heavy atom. The van der Waals surface area contributed by atoms with Crippen molar-refractivity contribution in [2.45, 2.75) is 45.1 Å². The Kier molecular flexibility index (Phi) is 4.72. The number of nitrogens with one attached hydrogen (secondary N) is 1. The van der Waals surface area contributed by atoms with Crippen molar-refractivity contribution in [3.8, 4) is 0 Å². The molecule has 1 N–H and O–H groups in total. The predicted octanol–water partition coefficient (Wildman–Crippen LogP) is 4.02. The maximum atomic E-state index is 3.63. The third-order valence-electron chi connectivity index (χ3n) is 5.68. The topological polar surface area (TPSA) is 15.3 Å². The summed E-state index contributed by atoms with van der Waals surface area (Å²) in [6, 6.07) is 9.72. The lowest BCUT2D eigenvalue weighted by Crippen LogP contribution is -2.51. The van der Waals surface area contributed by atoms with E-state index in [9.17, 15) is 0 Å². The van der Waals surface area contributed by atoms with E-state index in [1.807, 2.05) is 0 Å². The van der Waals surface area contributed by atoms with Gasteiger partial charge in [0.2, 0.25) is 0 Å². The molecule has 0 saturated carbocycles. The summed E-state index contributed by atoms with van der Waals surface area (Å²) in [6.07, 6.45) is 4.04. The molecule has 1 spiro atoms. The van der Waals surface area contributed by atoms with Gasteiger partial charge in [-0.15, -0.1) is 0 Å². The van der Waals surface area contributed by atoms with Crippen LogP contribution in [0.2, 0.25) is 0 Å². The molecule has 3 rings (SSSR count). The molecule has 1 aromatic rings. The molecule has 1 aromatic carbocycles. The Hall–Kier alpha value is -0.380. The molecule has 0 radical (unpaired) electrons. The van der Waals surface area contributed by atoms with Gasteiger partial charge in [-0.2, -0.15) is 0 Å². The van der Waals surface area contributed by atoms with Crippen molar-refractivity contribution in [1.29, 1.82) is 0 Å². The first-order valence-corrected chi connectivity index (χ1v) is 9.10. The molecule has 1 atom stereocenters. The van der Waals surface area contributed by atoms with E-state index in [1.54, 1.807) is 0 Å². The van der Waals surface area contributed by atoms with Crippen molar-refractivity contribution in [3.05, 3.63) is 34.3 Å². The number of benzene rings is 1. The predicted molar refractivity (Wildman–Crippen MR) is 92.7 cm³/mol. The van der Waals surface area contributed by atoms with E-state index in [1.165, 1.54) is 48.9 Å². The van der Waals surface area contributed by atoms with Gasteiger partial charge in [-0.1, -0.05) is 28.1 Å². The zero-order valence-corrected chi connectivity index (χ0v) is 14.8. The van der Waals surface area contributed by atoms with E-state index in [0.29, 0.717) is 17.4 Å². The molecule has 2 aliphatic heterocycles.